The lowest BCUT2D eigenvalue weighted by molar-refractivity contribution is -0.277. The monoisotopic (exact) mass is 401 g/mol. The number of rotatable bonds is 4. The first-order chi connectivity index (χ1) is 14.0. The van der Waals surface area contributed by atoms with Crippen LogP contribution in [-0.4, -0.2) is 62.7 Å². The van der Waals surface area contributed by atoms with Crippen molar-refractivity contribution in [2.45, 2.75) is 30.7 Å². The Kier molecular flexibility index (Phi) is 5.31. The summed E-state index contributed by atoms with van der Waals surface area (Å²) in [7, 11) is 0. The quantitative estimate of drug-likeness (QED) is 0.476. The van der Waals surface area contributed by atoms with E-state index in [1.165, 1.54) is 24.5 Å². The van der Waals surface area contributed by atoms with Crippen LogP contribution >= 0.6 is 0 Å². The fourth-order valence-electron chi connectivity index (χ4n) is 3.18. The van der Waals surface area contributed by atoms with Crippen molar-refractivity contribution in [3.8, 4) is 17.0 Å². The number of aliphatic hydroxyl groups is 4. The molecule has 0 radical (unpaired) electrons. The Morgan fingerprint density at radius 2 is 1.90 bits per heavy atom. The summed E-state index contributed by atoms with van der Waals surface area (Å²) < 4.78 is 16.4. The first kappa shape index (κ1) is 19.5. The van der Waals surface area contributed by atoms with E-state index in [4.69, 9.17) is 13.9 Å². The van der Waals surface area contributed by atoms with Gasteiger partial charge < -0.3 is 34.3 Å². The van der Waals surface area contributed by atoms with E-state index in [-0.39, 0.29) is 16.8 Å². The second-order valence-electron chi connectivity index (χ2n) is 6.67. The minimum Gasteiger partial charge on any atom is -0.463 e. The molecule has 29 heavy (non-hydrogen) atoms. The van der Waals surface area contributed by atoms with Gasteiger partial charge in [-0.3, -0.25) is 9.78 Å². The number of ether oxygens (including phenoxy) is 2. The van der Waals surface area contributed by atoms with Crippen LogP contribution in [0, 0.1) is 0 Å². The van der Waals surface area contributed by atoms with Crippen LogP contribution < -0.4 is 10.2 Å². The van der Waals surface area contributed by atoms with Gasteiger partial charge in [-0.2, -0.15) is 0 Å². The molecule has 4 rings (SSSR count). The van der Waals surface area contributed by atoms with Crippen LogP contribution in [0.2, 0.25) is 0 Å². The van der Waals surface area contributed by atoms with Crippen molar-refractivity contribution in [1.82, 2.24) is 4.98 Å². The SMILES string of the molecule is O=c1c(-c2ccccn2)coc2cc(O[C@H]3O[C@H](CO)[C@@H](O)[C@@H](O)[C@@H]3O)ccc12. The van der Waals surface area contributed by atoms with Crippen LogP contribution in [0.3, 0.4) is 0 Å². The molecule has 0 unspecified atom stereocenters. The second-order valence-corrected chi connectivity index (χ2v) is 6.67. The Balaban J connectivity index is 1.62. The largest absolute Gasteiger partial charge is 0.463 e. The Bertz CT molecular complexity index is 1050. The van der Waals surface area contributed by atoms with Gasteiger partial charge in [0.2, 0.25) is 11.7 Å². The summed E-state index contributed by atoms with van der Waals surface area (Å²) in [6.45, 7) is -0.562. The molecular formula is C20H19NO8. The van der Waals surface area contributed by atoms with E-state index in [0.29, 0.717) is 16.6 Å². The molecule has 152 valence electrons. The lowest BCUT2D eigenvalue weighted by atomic mass is 9.99. The second kappa shape index (κ2) is 7.90. The van der Waals surface area contributed by atoms with Crippen molar-refractivity contribution in [2.75, 3.05) is 6.61 Å². The fourth-order valence-corrected chi connectivity index (χ4v) is 3.18. The third-order valence-electron chi connectivity index (χ3n) is 4.79. The number of aromatic nitrogens is 1. The van der Waals surface area contributed by atoms with Crippen molar-refractivity contribution < 1.29 is 34.3 Å². The molecule has 1 fully saturated rings. The zero-order valence-corrected chi connectivity index (χ0v) is 15.1. The molecule has 1 aromatic carbocycles. The molecule has 4 N–H and O–H groups in total. The molecule has 3 heterocycles. The highest BCUT2D eigenvalue weighted by Crippen LogP contribution is 2.27. The van der Waals surface area contributed by atoms with Gasteiger partial charge in [-0.1, -0.05) is 6.07 Å². The molecule has 0 aliphatic carbocycles. The molecule has 3 aromatic rings. The van der Waals surface area contributed by atoms with Gasteiger partial charge in [0.1, 0.15) is 42.0 Å². The number of hydrogen-bond donors (Lipinski definition) is 4. The molecule has 2 aromatic heterocycles. The molecule has 5 atom stereocenters. The van der Waals surface area contributed by atoms with Crippen LogP contribution in [0.25, 0.3) is 22.2 Å². The van der Waals surface area contributed by atoms with Crippen molar-refractivity contribution >= 4 is 11.0 Å². The van der Waals surface area contributed by atoms with E-state index in [1.807, 2.05) is 0 Å². The van der Waals surface area contributed by atoms with Gasteiger partial charge in [0.15, 0.2) is 0 Å². The molecular weight excluding hydrogens is 382 g/mol. The van der Waals surface area contributed by atoms with E-state index in [9.17, 15) is 25.2 Å². The summed E-state index contributed by atoms with van der Waals surface area (Å²) in [4.78, 5) is 16.9. The zero-order valence-electron chi connectivity index (χ0n) is 15.1. The average molecular weight is 401 g/mol. The fraction of sp³-hybridized carbons (Fsp3) is 0.300. The van der Waals surface area contributed by atoms with Gasteiger partial charge in [0.05, 0.1) is 23.3 Å². The summed E-state index contributed by atoms with van der Waals surface area (Å²) in [5, 5.41) is 39.3. The molecule has 0 spiro atoms. The van der Waals surface area contributed by atoms with Crippen LogP contribution in [0.1, 0.15) is 0 Å². The molecule has 0 bridgehead atoms. The third-order valence-corrected chi connectivity index (χ3v) is 4.79. The Labute approximate surface area is 164 Å². The summed E-state index contributed by atoms with van der Waals surface area (Å²) in [5.74, 6) is 0.204. The van der Waals surface area contributed by atoms with E-state index in [0.717, 1.165) is 0 Å². The van der Waals surface area contributed by atoms with E-state index in [1.54, 1.807) is 24.4 Å². The van der Waals surface area contributed by atoms with Gasteiger partial charge in [-0.05, 0) is 24.3 Å². The summed E-state index contributed by atoms with van der Waals surface area (Å²) in [6.07, 6.45) is -4.09. The third kappa shape index (κ3) is 3.61. The van der Waals surface area contributed by atoms with Crippen molar-refractivity contribution in [2.24, 2.45) is 0 Å². The predicted octanol–water partition coefficient (Wildman–Crippen LogP) is 0.0337. The van der Waals surface area contributed by atoms with E-state index < -0.39 is 37.3 Å². The van der Waals surface area contributed by atoms with Gasteiger partial charge in [0.25, 0.3) is 0 Å². The van der Waals surface area contributed by atoms with Crippen LogP contribution in [0.4, 0.5) is 0 Å². The maximum atomic E-state index is 12.7. The molecule has 9 heteroatoms. The highest BCUT2D eigenvalue weighted by Gasteiger charge is 2.44. The number of fused-ring (bicyclic) bond motifs is 1. The molecule has 1 saturated heterocycles. The van der Waals surface area contributed by atoms with Crippen LogP contribution in [0.15, 0.2) is 58.1 Å². The Morgan fingerprint density at radius 3 is 2.62 bits per heavy atom. The highest BCUT2D eigenvalue weighted by molar-refractivity contribution is 5.81. The van der Waals surface area contributed by atoms with Gasteiger partial charge in [-0.25, -0.2) is 0 Å². The smallest absolute Gasteiger partial charge is 0.229 e. The topological polar surface area (TPSA) is 142 Å². The maximum Gasteiger partial charge on any atom is 0.229 e. The normalized spacial score (nSPS) is 27.1. The standard InChI is InChI=1S/C20H19NO8/c22-8-15-17(24)18(25)19(26)20(29-15)28-10-4-5-11-14(7-10)27-9-12(16(11)23)13-3-1-2-6-21-13/h1-7,9,15,17-20,22,24-26H,8H2/t15-,17-,18-,19+,20+/m1/s1. The van der Waals surface area contributed by atoms with Crippen molar-refractivity contribution in [3.63, 3.8) is 0 Å². The summed E-state index contributed by atoms with van der Waals surface area (Å²) in [6, 6.07) is 9.66. The number of benzene rings is 1. The Morgan fingerprint density at radius 1 is 1.07 bits per heavy atom. The Hall–Kier alpha value is -2.82. The first-order valence-corrected chi connectivity index (χ1v) is 8.93. The number of nitrogens with zero attached hydrogens (tertiary/aromatic N) is 1. The van der Waals surface area contributed by atoms with Crippen LogP contribution in [0.5, 0.6) is 5.75 Å². The zero-order chi connectivity index (χ0) is 20.5. The number of pyridine rings is 1. The molecule has 0 amide bonds. The van der Waals surface area contributed by atoms with Crippen molar-refractivity contribution in [1.29, 1.82) is 0 Å². The highest BCUT2D eigenvalue weighted by atomic mass is 16.7. The van der Waals surface area contributed by atoms with Crippen LogP contribution in [-0.2, 0) is 4.74 Å². The van der Waals surface area contributed by atoms with Gasteiger partial charge in [0, 0.05) is 12.3 Å². The molecule has 1 aliphatic heterocycles. The summed E-state index contributed by atoms with van der Waals surface area (Å²) in [5.41, 5.74) is 0.798. The number of aliphatic hydroxyl groups excluding tert-OH is 4. The molecule has 1 aliphatic rings. The number of hydrogen-bond acceptors (Lipinski definition) is 9. The lowest BCUT2D eigenvalue weighted by Crippen LogP contribution is -2.60. The minimum absolute atomic E-state index is 0.204. The predicted molar refractivity (Wildman–Crippen MR) is 100 cm³/mol. The van der Waals surface area contributed by atoms with Gasteiger partial charge in [-0.15, -0.1) is 0 Å². The maximum absolute atomic E-state index is 12.7. The first-order valence-electron chi connectivity index (χ1n) is 8.93. The van der Waals surface area contributed by atoms with E-state index in [2.05, 4.69) is 4.98 Å². The van der Waals surface area contributed by atoms with Crippen molar-refractivity contribution in [3.05, 3.63) is 59.1 Å². The van der Waals surface area contributed by atoms with E-state index >= 15 is 0 Å². The molecule has 0 saturated carbocycles. The molecule has 9 nitrogen and oxygen atoms in total. The minimum atomic E-state index is -1.55. The summed E-state index contributed by atoms with van der Waals surface area (Å²) >= 11 is 0. The average Bonchev–Trinajstić information content (AvgIpc) is 2.75. The van der Waals surface area contributed by atoms with Gasteiger partial charge >= 0.3 is 0 Å². The lowest BCUT2D eigenvalue weighted by Gasteiger charge is -2.39.